The maximum absolute atomic E-state index is 5.23. The molecule has 3 heterocycles. The van der Waals surface area contributed by atoms with E-state index < -0.39 is 0 Å². The van der Waals surface area contributed by atoms with Gasteiger partial charge in [0, 0.05) is 51.0 Å². The predicted octanol–water partition coefficient (Wildman–Crippen LogP) is 15.3. The molecule has 9 aromatic rings. The second-order valence-electron chi connectivity index (χ2n) is 17.7. The second-order valence-corrected chi connectivity index (χ2v) is 17.7. The number of para-hydroxylation sites is 3. The van der Waals surface area contributed by atoms with E-state index in [1.165, 1.54) is 62.0 Å². The maximum Gasteiger partial charge on any atom is 0.160 e. The second kappa shape index (κ2) is 15.7. The van der Waals surface area contributed by atoms with Crippen LogP contribution in [0.2, 0.25) is 0 Å². The van der Waals surface area contributed by atoms with Crippen LogP contribution in [0, 0.1) is 5.92 Å². The van der Waals surface area contributed by atoms with Crippen molar-refractivity contribution in [2.24, 2.45) is 5.92 Å². The van der Waals surface area contributed by atoms with Gasteiger partial charge in [-0.1, -0.05) is 166 Å². The molecule has 0 saturated heterocycles. The zero-order valence-corrected chi connectivity index (χ0v) is 36.1. The lowest BCUT2D eigenvalue weighted by Gasteiger charge is -2.31. The third-order valence-corrected chi connectivity index (χ3v) is 14.0. The van der Waals surface area contributed by atoms with Crippen molar-refractivity contribution >= 4 is 39.1 Å². The molecule has 7 aromatic carbocycles. The average Bonchev–Trinajstić information content (AvgIpc) is 3.89. The van der Waals surface area contributed by atoms with Crippen LogP contribution in [0.1, 0.15) is 60.9 Å². The number of anilines is 2. The Bertz CT molecular complexity index is 3320. The van der Waals surface area contributed by atoms with Gasteiger partial charge in [-0.2, -0.15) is 0 Å². The number of nitrogens with zero attached hydrogens (tertiary/aromatic N) is 4. The quantitative estimate of drug-likeness (QED) is 0.153. The van der Waals surface area contributed by atoms with Crippen LogP contribution in [0.25, 0.3) is 67.3 Å². The normalized spacial score (nSPS) is 17.9. The third-order valence-electron chi connectivity index (χ3n) is 14.0. The molecule has 308 valence electrons. The van der Waals surface area contributed by atoms with Crippen molar-refractivity contribution in [3.8, 4) is 39.6 Å². The van der Waals surface area contributed by atoms with Gasteiger partial charge in [-0.05, 0) is 106 Å². The van der Waals surface area contributed by atoms with Crippen molar-refractivity contribution in [1.82, 2.24) is 14.5 Å². The van der Waals surface area contributed by atoms with Crippen LogP contribution in [-0.2, 0) is 0 Å². The van der Waals surface area contributed by atoms with E-state index in [1.54, 1.807) is 0 Å². The molecule has 12 rings (SSSR count). The van der Waals surface area contributed by atoms with E-state index in [9.17, 15) is 0 Å². The Hall–Kier alpha value is -7.56. The van der Waals surface area contributed by atoms with Gasteiger partial charge in [0.25, 0.3) is 0 Å². The molecule has 2 aromatic heterocycles. The van der Waals surface area contributed by atoms with E-state index in [-0.39, 0.29) is 12.0 Å². The number of aromatic nitrogens is 3. The molecule has 4 nitrogen and oxygen atoms in total. The number of rotatable bonds is 8. The van der Waals surface area contributed by atoms with Crippen LogP contribution in [0.15, 0.2) is 206 Å². The van der Waals surface area contributed by atoms with E-state index in [0.717, 1.165) is 51.4 Å². The van der Waals surface area contributed by atoms with Crippen LogP contribution in [0.3, 0.4) is 0 Å². The molecule has 0 N–H and O–H groups in total. The number of hydrogen-bond acceptors (Lipinski definition) is 3. The van der Waals surface area contributed by atoms with Crippen molar-refractivity contribution < 1.29 is 0 Å². The Morgan fingerprint density at radius 3 is 2.12 bits per heavy atom. The molecule has 3 aliphatic rings. The third kappa shape index (κ3) is 6.43. The zero-order chi connectivity index (χ0) is 42.7. The molecule has 1 aliphatic heterocycles. The van der Waals surface area contributed by atoms with Crippen molar-refractivity contribution in [3.63, 3.8) is 0 Å². The first-order valence-corrected chi connectivity index (χ1v) is 22.8. The number of fused-ring (bicyclic) bond motifs is 8. The van der Waals surface area contributed by atoms with Gasteiger partial charge in [0.05, 0.1) is 28.6 Å². The molecule has 0 fully saturated rings. The summed E-state index contributed by atoms with van der Waals surface area (Å²) < 4.78 is 2.47. The summed E-state index contributed by atoms with van der Waals surface area (Å²) in [6, 6.07) is 64.1. The topological polar surface area (TPSA) is 34.0 Å². The highest BCUT2D eigenvalue weighted by Gasteiger charge is 2.43. The smallest absolute Gasteiger partial charge is 0.160 e. The molecule has 0 spiro atoms. The summed E-state index contributed by atoms with van der Waals surface area (Å²) in [6.45, 7) is 4.58. The number of benzene rings is 7. The van der Waals surface area contributed by atoms with E-state index in [2.05, 4.69) is 224 Å². The van der Waals surface area contributed by atoms with Gasteiger partial charge >= 0.3 is 0 Å². The van der Waals surface area contributed by atoms with E-state index in [1.807, 2.05) is 6.07 Å². The molecule has 4 atom stereocenters. The molecule has 64 heavy (non-hydrogen) atoms. The van der Waals surface area contributed by atoms with Crippen molar-refractivity contribution in [2.75, 3.05) is 4.90 Å². The van der Waals surface area contributed by atoms with Gasteiger partial charge in [0.1, 0.15) is 0 Å². The SMILES string of the molecule is CCC(C)C1=CCC(c2ccc(-c3cc(-c4ccc5ccc(-n6c7c(c8ccccc86)C6c8ccccc8N(c8ccccc8)C6C=C7)cc5c4)nc(-c4ccccc4)n3)cc2)C=C1. The summed E-state index contributed by atoms with van der Waals surface area (Å²) in [4.78, 5) is 12.9. The lowest BCUT2D eigenvalue weighted by atomic mass is 9.82. The lowest BCUT2D eigenvalue weighted by Crippen LogP contribution is -2.30. The highest BCUT2D eigenvalue weighted by Crippen LogP contribution is 2.54. The summed E-state index contributed by atoms with van der Waals surface area (Å²) in [6.07, 6.45) is 14.1. The zero-order valence-electron chi connectivity index (χ0n) is 36.1. The van der Waals surface area contributed by atoms with Gasteiger partial charge in [-0.25, -0.2) is 9.97 Å². The molecule has 0 saturated carbocycles. The first-order chi connectivity index (χ1) is 31.6. The lowest BCUT2D eigenvalue weighted by molar-refractivity contribution is 0.656. The Morgan fingerprint density at radius 2 is 1.33 bits per heavy atom. The molecule has 2 aliphatic carbocycles. The monoisotopic (exact) mass is 824 g/mol. The minimum atomic E-state index is 0.177. The number of hydrogen-bond donors (Lipinski definition) is 0. The fraction of sp³-hybridized carbons (Fsp3) is 0.133. The minimum absolute atomic E-state index is 0.177. The molecule has 0 radical (unpaired) electrons. The Kier molecular flexibility index (Phi) is 9.33. The minimum Gasteiger partial charge on any atom is -0.333 e. The van der Waals surface area contributed by atoms with Gasteiger partial charge in [0.2, 0.25) is 0 Å². The standard InChI is InChI=1S/C60H48N4/c1-3-39(2)40-22-24-41(25-23-40)42-26-29-44(30-27-42)52-38-53(62-60(61-52)45-14-6-4-7-15-45)46-31-28-43-32-33-49(37-47(43)36-46)64-55-21-13-11-19-51(55)59-57(64)35-34-56-58(59)50-18-10-12-20-54(50)63(56)48-16-8-5-9-17-48/h4-24,26-39,41,56,58H,3,25H2,1-2H3. The average molecular weight is 825 g/mol. The van der Waals surface area contributed by atoms with Gasteiger partial charge in [-0.3, -0.25) is 0 Å². The predicted molar refractivity (Wildman–Crippen MR) is 266 cm³/mol. The summed E-state index contributed by atoms with van der Waals surface area (Å²) in [5.74, 6) is 1.90. The largest absolute Gasteiger partial charge is 0.333 e. The maximum atomic E-state index is 5.23. The summed E-state index contributed by atoms with van der Waals surface area (Å²) in [5.41, 5.74) is 16.6. The molecule has 0 amide bonds. The van der Waals surface area contributed by atoms with Crippen LogP contribution in [0.4, 0.5) is 11.4 Å². The first-order valence-electron chi connectivity index (χ1n) is 22.8. The van der Waals surface area contributed by atoms with Gasteiger partial charge < -0.3 is 9.47 Å². The summed E-state index contributed by atoms with van der Waals surface area (Å²) >= 11 is 0. The van der Waals surface area contributed by atoms with Crippen molar-refractivity contribution in [2.45, 2.75) is 44.6 Å². The van der Waals surface area contributed by atoms with Crippen LogP contribution in [-0.4, -0.2) is 20.6 Å². The number of allylic oxidation sites excluding steroid dienone is 4. The molecule has 4 unspecified atom stereocenters. The molecule has 4 heteroatoms. The highest BCUT2D eigenvalue weighted by atomic mass is 15.2. The highest BCUT2D eigenvalue weighted by molar-refractivity contribution is 5.96. The van der Waals surface area contributed by atoms with E-state index in [0.29, 0.717) is 11.8 Å². The summed E-state index contributed by atoms with van der Waals surface area (Å²) in [5, 5.41) is 3.65. The Balaban J connectivity index is 0.934. The fourth-order valence-electron chi connectivity index (χ4n) is 10.5. The van der Waals surface area contributed by atoms with E-state index >= 15 is 0 Å². The fourth-order valence-corrected chi connectivity index (χ4v) is 10.5. The molecular weight excluding hydrogens is 777 g/mol. The van der Waals surface area contributed by atoms with Crippen LogP contribution in [0.5, 0.6) is 0 Å². The van der Waals surface area contributed by atoms with Gasteiger partial charge in [0.15, 0.2) is 5.82 Å². The first kappa shape index (κ1) is 38.1. The Morgan fingerprint density at radius 1 is 0.609 bits per heavy atom. The van der Waals surface area contributed by atoms with Gasteiger partial charge in [-0.15, -0.1) is 0 Å². The Labute approximate surface area is 375 Å². The van der Waals surface area contributed by atoms with Crippen LogP contribution < -0.4 is 4.90 Å². The van der Waals surface area contributed by atoms with Crippen LogP contribution >= 0.6 is 0 Å². The van der Waals surface area contributed by atoms with Crippen molar-refractivity contribution in [1.29, 1.82) is 0 Å². The summed E-state index contributed by atoms with van der Waals surface area (Å²) in [7, 11) is 0. The molecular formula is C60H48N4. The van der Waals surface area contributed by atoms with E-state index in [4.69, 9.17) is 9.97 Å². The molecule has 0 bridgehead atoms. The van der Waals surface area contributed by atoms with Crippen molar-refractivity contribution in [3.05, 3.63) is 228 Å².